The van der Waals surface area contributed by atoms with Gasteiger partial charge in [0.05, 0.1) is 12.5 Å². The molecule has 0 aliphatic heterocycles. The smallest absolute Gasteiger partial charge is 0.343 e. The van der Waals surface area contributed by atoms with Crippen molar-refractivity contribution in [1.29, 1.82) is 0 Å². The molecule has 1 aromatic carbocycles. The molecule has 0 aliphatic rings. The molecule has 3 rings (SSSR count). The number of ether oxygens (including phenoxy) is 2. The van der Waals surface area contributed by atoms with Crippen LogP contribution >= 0.6 is 11.8 Å². The fourth-order valence-corrected chi connectivity index (χ4v) is 3.11. The van der Waals surface area contributed by atoms with Gasteiger partial charge in [-0.05, 0) is 24.3 Å². The molecule has 0 unspecified atom stereocenters. The maximum absolute atomic E-state index is 11.4. The van der Waals surface area contributed by atoms with E-state index in [9.17, 15) is 4.79 Å². The molecule has 0 radical (unpaired) electrons. The first-order valence-corrected chi connectivity index (χ1v) is 9.56. The van der Waals surface area contributed by atoms with Crippen LogP contribution in [0, 0.1) is 0 Å². The van der Waals surface area contributed by atoms with Gasteiger partial charge >= 0.3 is 5.97 Å². The zero-order chi connectivity index (χ0) is 18.5. The van der Waals surface area contributed by atoms with E-state index in [1.807, 2.05) is 30.5 Å². The normalized spacial score (nSPS) is 10.9. The van der Waals surface area contributed by atoms with E-state index in [-0.39, 0.29) is 6.61 Å². The zero-order valence-electron chi connectivity index (χ0n) is 15.1. The summed E-state index contributed by atoms with van der Waals surface area (Å²) in [6.07, 6.45) is 2.77. The van der Waals surface area contributed by atoms with Crippen molar-refractivity contribution in [2.45, 2.75) is 25.0 Å². The number of benzene rings is 1. The van der Waals surface area contributed by atoms with Crippen molar-refractivity contribution in [2.75, 3.05) is 20.0 Å². The summed E-state index contributed by atoms with van der Waals surface area (Å²) >= 11 is 1.44. The first-order chi connectivity index (χ1) is 12.7. The highest BCUT2D eigenvalue weighted by Crippen LogP contribution is 2.29. The van der Waals surface area contributed by atoms with E-state index >= 15 is 0 Å². The van der Waals surface area contributed by atoms with E-state index in [4.69, 9.17) is 4.74 Å². The minimum absolute atomic E-state index is 0.179. The van der Waals surface area contributed by atoms with Crippen LogP contribution in [0.15, 0.2) is 41.6 Å². The number of rotatable bonds is 7. The second-order valence-corrected chi connectivity index (χ2v) is 6.45. The summed E-state index contributed by atoms with van der Waals surface area (Å²) in [7, 11) is 1.33. The van der Waals surface area contributed by atoms with Crippen LogP contribution in [0.2, 0.25) is 0 Å². The van der Waals surface area contributed by atoms with Crippen molar-refractivity contribution < 1.29 is 14.3 Å². The number of esters is 1. The van der Waals surface area contributed by atoms with Gasteiger partial charge in [0.15, 0.2) is 11.8 Å². The van der Waals surface area contributed by atoms with Crippen molar-refractivity contribution in [1.82, 2.24) is 14.5 Å². The second kappa shape index (κ2) is 8.23. The number of aromatic nitrogens is 3. The lowest BCUT2D eigenvalue weighted by molar-refractivity contribution is -0.142. The number of hydrogen-bond donors (Lipinski definition) is 0. The molecule has 0 bridgehead atoms. The number of thioether (sulfide) groups is 1. The van der Waals surface area contributed by atoms with E-state index < -0.39 is 5.97 Å². The predicted octanol–water partition coefficient (Wildman–Crippen LogP) is 3.32. The number of carbonyl (C=O) groups excluding carboxylic acids is 1. The van der Waals surface area contributed by atoms with Crippen molar-refractivity contribution in [3.8, 4) is 5.88 Å². The van der Waals surface area contributed by atoms with Gasteiger partial charge in [-0.1, -0.05) is 49.0 Å². The van der Waals surface area contributed by atoms with Crippen molar-refractivity contribution in [3.63, 3.8) is 0 Å². The lowest BCUT2D eigenvalue weighted by Crippen LogP contribution is -2.13. The Morgan fingerprint density at radius 2 is 2.00 bits per heavy atom. The fraction of sp³-hybridized carbons (Fsp3) is 0.316. The highest BCUT2D eigenvalue weighted by molar-refractivity contribution is 7.98. The van der Waals surface area contributed by atoms with E-state index in [1.54, 1.807) is 0 Å². The first-order valence-electron chi connectivity index (χ1n) is 8.34. The Balaban J connectivity index is 2.07. The summed E-state index contributed by atoms with van der Waals surface area (Å²) in [5.74, 6) is -0.0341. The number of nitrogens with zero attached hydrogens (tertiary/aromatic N) is 3. The molecule has 0 aliphatic carbocycles. The molecule has 0 N–H and O–H groups in total. The van der Waals surface area contributed by atoms with Crippen LogP contribution in [0.3, 0.4) is 0 Å². The highest BCUT2D eigenvalue weighted by Gasteiger charge is 2.17. The Morgan fingerprint density at radius 3 is 2.65 bits per heavy atom. The van der Waals surface area contributed by atoms with E-state index in [1.165, 1.54) is 24.4 Å². The van der Waals surface area contributed by atoms with E-state index in [2.05, 4.69) is 38.3 Å². The summed E-state index contributed by atoms with van der Waals surface area (Å²) in [5, 5.41) is 1.41. The molecule has 0 amide bonds. The van der Waals surface area contributed by atoms with Gasteiger partial charge in [-0.2, -0.15) is 4.98 Å². The molecule has 2 heterocycles. The second-order valence-electron chi connectivity index (χ2n) is 5.68. The summed E-state index contributed by atoms with van der Waals surface area (Å²) in [6.45, 7) is 2.64. The molecule has 7 heteroatoms. The van der Waals surface area contributed by atoms with Crippen molar-refractivity contribution in [2.24, 2.45) is 0 Å². The van der Waals surface area contributed by atoms with Crippen LogP contribution in [0.25, 0.3) is 11.0 Å². The quantitative estimate of drug-likeness (QED) is 0.361. The minimum atomic E-state index is -0.443. The number of carbonyl (C=O) groups is 1. The molecule has 6 nitrogen and oxygen atoms in total. The lowest BCUT2D eigenvalue weighted by atomic mass is 10.2. The van der Waals surface area contributed by atoms with Crippen LogP contribution < -0.4 is 4.74 Å². The van der Waals surface area contributed by atoms with Crippen LogP contribution in [0.5, 0.6) is 5.88 Å². The summed E-state index contributed by atoms with van der Waals surface area (Å²) in [5.41, 5.74) is 3.14. The fourth-order valence-electron chi connectivity index (χ4n) is 2.75. The summed E-state index contributed by atoms with van der Waals surface area (Å²) < 4.78 is 12.5. The molecule has 136 valence electrons. The third-order valence-electron chi connectivity index (χ3n) is 4.07. The van der Waals surface area contributed by atoms with E-state index in [0.29, 0.717) is 11.0 Å². The zero-order valence-corrected chi connectivity index (χ0v) is 15.9. The number of aryl methyl sites for hydroxylation is 1. The van der Waals surface area contributed by atoms with Gasteiger partial charge in [0.2, 0.25) is 5.88 Å². The monoisotopic (exact) mass is 371 g/mol. The van der Waals surface area contributed by atoms with Crippen LogP contribution in [0.1, 0.15) is 18.2 Å². The number of methoxy groups -OCH3 is 1. The van der Waals surface area contributed by atoms with Crippen LogP contribution in [-0.4, -0.2) is 40.5 Å². The molecule has 2 aromatic heterocycles. The van der Waals surface area contributed by atoms with Gasteiger partial charge in [-0.3, -0.25) is 0 Å². The third kappa shape index (κ3) is 3.83. The largest absolute Gasteiger partial charge is 0.466 e. The van der Waals surface area contributed by atoms with Crippen LogP contribution in [-0.2, 0) is 22.5 Å². The SMILES string of the molecule is CCc1cc2c(OCC(=O)OC)nc(SC)nc2n1Cc1ccccc1. The van der Waals surface area contributed by atoms with Gasteiger partial charge in [0.1, 0.15) is 5.65 Å². The Kier molecular flexibility index (Phi) is 5.78. The molecule has 0 saturated carbocycles. The standard InChI is InChI=1S/C19H21N3O3S/c1-4-14-10-15-17(22(14)11-13-8-6-5-7-9-13)20-19(26-3)21-18(15)25-12-16(23)24-2/h5-10H,4,11-12H2,1-3H3. The topological polar surface area (TPSA) is 66.2 Å². The molecule has 3 aromatic rings. The van der Waals surface area contributed by atoms with E-state index in [0.717, 1.165) is 29.7 Å². The molecule has 0 fully saturated rings. The Bertz CT molecular complexity index is 909. The van der Waals surface area contributed by atoms with Crippen molar-refractivity contribution >= 4 is 28.8 Å². The number of hydrogen-bond acceptors (Lipinski definition) is 6. The number of fused-ring (bicyclic) bond motifs is 1. The molecule has 0 atom stereocenters. The lowest BCUT2D eigenvalue weighted by Gasteiger charge is -2.11. The van der Waals surface area contributed by atoms with Gasteiger partial charge in [-0.25, -0.2) is 9.78 Å². The maximum Gasteiger partial charge on any atom is 0.343 e. The van der Waals surface area contributed by atoms with Gasteiger partial charge in [0.25, 0.3) is 0 Å². The molecular formula is C19H21N3O3S. The first kappa shape index (κ1) is 18.3. The summed E-state index contributed by atoms with van der Waals surface area (Å²) in [6, 6.07) is 12.3. The Hall–Kier alpha value is -2.54. The highest BCUT2D eigenvalue weighted by atomic mass is 32.2. The van der Waals surface area contributed by atoms with Crippen molar-refractivity contribution in [3.05, 3.63) is 47.7 Å². The average Bonchev–Trinajstić information content (AvgIpc) is 3.04. The average molecular weight is 371 g/mol. The summed E-state index contributed by atoms with van der Waals surface area (Å²) in [4.78, 5) is 20.6. The van der Waals surface area contributed by atoms with Gasteiger partial charge in [-0.15, -0.1) is 0 Å². The third-order valence-corrected chi connectivity index (χ3v) is 4.61. The maximum atomic E-state index is 11.4. The molecular weight excluding hydrogens is 350 g/mol. The Morgan fingerprint density at radius 1 is 1.23 bits per heavy atom. The molecule has 0 saturated heterocycles. The molecule has 0 spiro atoms. The predicted molar refractivity (Wildman–Crippen MR) is 102 cm³/mol. The van der Waals surface area contributed by atoms with Crippen LogP contribution in [0.4, 0.5) is 0 Å². The van der Waals surface area contributed by atoms with Gasteiger partial charge < -0.3 is 14.0 Å². The van der Waals surface area contributed by atoms with Gasteiger partial charge in [0, 0.05) is 12.2 Å². The minimum Gasteiger partial charge on any atom is -0.466 e. The molecule has 26 heavy (non-hydrogen) atoms. The Labute approximate surface area is 156 Å².